The number of nitrogens with one attached hydrogen (secondary N) is 2. The van der Waals surface area contributed by atoms with Crippen molar-refractivity contribution in [3.8, 4) is 22.9 Å². The third-order valence-electron chi connectivity index (χ3n) is 5.34. The van der Waals surface area contributed by atoms with Gasteiger partial charge in [-0.1, -0.05) is 12.1 Å². The Hall–Kier alpha value is -4.79. The number of nitrogen functional groups attached to an aromatic ring is 1. The van der Waals surface area contributed by atoms with Crippen LogP contribution in [0.5, 0.6) is 11.8 Å². The van der Waals surface area contributed by atoms with Gasteiger partial charge in [-0.3, -0.25) is 0 Å². The number of rotatable bonds is 7. The van der Waals surface area contributed by atoms with Crippen molar-refractivity contribution in [2.75, 3.05) is 22.6 Å². The number of amides is 2. The molecule has 4 aromatic rings. The Morgan fingerprint density at radius 2 is 1.65 bits per heavy atom. The number of nitrogens with zero attached hydrogens (tertiary/aromatic N) is 3. The Morgan fingerprint density at radius 1 is 0.975 bits per heavy atom. The highest BCUT2D eigenvalue weighted by Crippen LogP contribution is 2.34. The number of hydrogen-bond acceptors (Lipinski definition) is 8. The van der Waals surface area contributed by atoms with E-state index >= 15 is 0 Å². The number of halogens is 4. The molecule has 2 amide bonds. The highest BCUT2D eigenvalue weighted by Gasteiger charge is 2.32. The normalized spacial score (nSPS) is 11.6. The molecule has 0 aliphatic carbocycles. The van der Waals surface area contributed by atoms with Crippen LogP contribution in [0.4, 0.5) is 39.5 Å². The monoisotopic (exact) mass is 576 g/mol. The second-order valence-electron chi connectivity index (χ2n) is 8.35. The number of ether oxygens (including phenoxy) is 1. The zero-order chi connectivity index (χ0) is 29.1. The summed E-state index contributed by atoms with van der Waals surface area (Å²) in [5.74, 6) is 0.593. The first-order chi connectivity index (χ1) is 18.8. The zero-order valence-electron chi connectivity index (χ0n) is 20.5. The summed E-state index contributed by atoms with van der Waals surface area (Å²) in [4.78, 5) is 23.8. The van der Waals surface area contributed by atoms with Gasteiger partial charge in [0.2, 0.25) is 0 Å². The number of anilines is 3. The van der Waals surface area contributed by atoms with Gasteiger partial charge in [0.15, 0.2) is 9.84 Å². The summed E-state index contributed by atoms with van der Waals surface area (Å²) in [5.41, 5.74) is 5.86. The molecule has 208 valence electrons. The van der Waals surface area contributed by atoms with E-state index in [1.54, 1.807) is 30.3 Å². The number of pyridine rings is 1. The molecule has 0 atom stereocenters. The molecule has 15 heteroatoms. The predicted molar refractivity (Wildman–Crippen MR) is 138 cm³/mol. The first-order valence-electron chi connectivity index (χ1n) is 11.2. The molecule has 0 saturated carbocycles. The van der Waals surface area contributed by atoms with Crippen molar-refractivity contribution in [1.82, 2.24) is 15.0 Å². The Labute approximate surface area is 225 Å². The number of benzene rings is 2. The third-order valence-corrected chi connectivity index (χ3v) is 6.50. The topological polar surface area (TPSA) is 149 Å². The highest BCUT2D eigenvalue weighted by atomic mass is 32.2. The van der Waals surface area contributed by atoms with Crippen molar-refractivity contribution in [3.05, 3.63) is 78.2 Å². The lowest BCUT2D eigenvalue weighted by Crippen LogP contribution is -2.21. The van der Waals surface area contributed by atoms with E-state index in [9.17, 15) is 30.8 Å². The first-order valence-corrected chi connectivity index (χ1v) is 13.1. The van der Waals surface area contributed by atoms with Crippen LogP contribution in [0.25, 0.3) is 11.1 Å². The highest BCUT2D eigenvalue weighted by molar-refractivity contribution is 7.90. The number of urea groups is 1. The third kappa shape index (κ3) is 6.79. The Morgan fingerprint density at radius 3 is 2.25 bits per heavy atom. The van der Waals surface area contributed by atoms with E-state index in [-0.39, 0.29) is 17.5 Å². The summed E-state index contributed by atoms with van der Waals surface area (Å²) in [5, 5.41) is 4.42. The van der Waals surface area contributed by atoms with Gasteiger partial charge < -0.3 is 21.1 Å². The number of sulfone groups is 1. The van der Waals surface area contributed by atoms with Gasteiger partial charge in [-0.15, -0.1) is 0 Å². The molecule has 2 heterocycles. The molecule has 0 unspecified atom stereocenters. The maximum atomic E-state index is 13.1. The van der Waals surface area contributed by atoms with Crippen LogP contribution < -0.4 is 21.1 Å². The van der Waals surface area contributed by atoms with Gasteiger partial charge in [-0.2, -0.15) is 13.2 Å². The second-order valence-corrected chi connectivity index (χ2v) is 10.3. The summed E-state index contributed by atoms with van der Waals surface area (Å²) in [6.07, 6.45) is -0.245. The molecular weight excluding hydrogens is 556 g/mol. The van der Waals surface area contributed by atoms with Crippen LogP contribution >= 0.6 is 0 Å². The maximum Gasteiger partial charge on any atom is 0.416 e. The minimum atomic E-state index is -4.75. The average Bonchev–Trinajstić information content (AvgIpc) is 2.89. The molecular formula is C25H20F4N6O4S. The van der Waals surface area contributed by atoms with E-state index in [0.29, 0.717) is 34.6 Å². The zero-order valence-corrected chi connectivity index (χ0v) is 21.3. The van der Waals surface area contributed by atoms with Crippen molar-refractivity contribution in [2.45, 2.75) is 17.7 Å². The summed E-state index contributed by atoms with van der Waals surface area (Å²) in [6.45, 7) is -0.682. The van der Waals surface area contributed by atoms with E-state index in [2.05, 4.69) is 25.6 Å². The SMILES string of the molecule is CS(=O)(=O)c1ccc(C(F)(F)F)cc1NC(=O)Nc1cnc(Oc2ccc(-c3cc(CF)cnc3N)cc2)nc1. The minimum Gasteiger partial charge on any atom is -0.424 e. The number of nitrogens with two attached hydrogens (primary N) is 1. The van der Waals surface area contributed by atoms with Crippen LogP contribution in [0.1, 0.15) is 11.1 Å². The van der Waals surface area contributed by atoms with Crippen LogP contribution in [-0.4, -0.2) is 35.7 Å². The number of carbonyl (C=O) groups excluding carboxylic acids is 1. The van der Waals surface area contributed by atoms with Gasteiger partial charge in [-0.05, 0) is 42.0 Å². The molecule has 4 rings (SSSR count). The first kappa shape index (κ1) is 28.2. The van der Waals surface area contributed by atoms with Gasteiger partial charge in [0, 0.05) is 23.6 Å². The fraction of sp³-hybridized carbons (Fsp3) is 0.120. The molecule has 40 heavy (non-hydrogen) atoms. The molecule has 0 fully saturated rings. The van der Waals surface area contributed by atoms with Crippen molar-refractivity contribution in [1.29, 1.82) is 0 Å². The molecule has 0 aliphatic rings. The van der Waals surface area contributed by atoms with Crippen molar-refractivity contribution in [2.24, 2.45) is 0 Å². The molecule has 0 spiro atoms. The van der Waals surface area contributed by atoms with Crippen LogP contribution in [-0.2, 0) is 22.7 Å². The minimum absolute atomic E-state index is 0.0452. The fourth-order valence-corrected chi connectivity index (χ4v) is 4.30. The number of carbonyl (C=O) groups is 1. The quantitative estimate of drug-likeness (QED) is 0.246. The van der Waals surface area contributed by atoms with Crippen molar-refractivity contribution < 1.29 is 35.5 Å². The maximum absolute atomic E-state index is 13.1. The molecule has 2 aromatic heterocycles. The van der Waals surface area contributed by atoms with Gasteiger partial charge in [0.25, 0.3) is 0 Å². The molecule has 4 N–H and O–H groups in total. The number of alkyl halides is 4. The predicted octanol–water partition coefficient (Wildman–Crippen LogP) is 5.45. The van der Waals surface area contributed by atoms with Crippen LogP contribution in [0, 0.1) is 0 Å². The Balaban J connectivity index is 1.43. The lowest BCUT2D eigenvalue weighted by molar-refractivity contribution is -0.137. The van der Waals surface area contributed by atoms with Gasteiger partial charge >= 0.3 is 18.2 Å². The fourth-order valence-electron chi connectivity index (χ4n) is 3.48. The standard InChI is InChI=1S/C25H20F4N6O4S/c1-40(37,38)21-7-4-16(25(27,28)29)9-20(21)35-23(36)34-17-12-32-24(33-13-17)39-18-5-2-15(3-6-18)19-8-14(10-26)11-31-22(19)30/h2-9,11-13H,10H2,1H3,(H2,30,31)(H2,34,35,36). The largest absolute Gasteiger partial charge is 0.424 e. The van der Waals surface area contributed by atoms with Crippen LogP contribution in [0.15, 0.2) is 72.0 Å². The average molecular weight is 577 g/mol. The van der Waals surface area contributed by atoms with E-state index in [4.69, 9.17) is 10.5 Å². The van der Waals surface area contributed by atoms with Gasteiger partial charge in [-0.25, -0.2) is 32.6 Å². The Kier molecular flexibility index (Phi) is 7.86. The number of aromatic nitrogens is 3. The van der Waals surface area contributed by atoms with E-state index in [1.807, 2.05) is 0 Å². The molecule has 0 bridgehead atoms. The lowest BCUT2D eigenvalue weighted by Gasteiger charge is -2.14. The summed E-state index contributed by atoms with van der Waals surface area (Å²) in [7, 11) is -3.95. The van der Waals surface area contributed by atoms with Gasteiger partial charge in [0.05, 0.1) is 34.2 Å². The van der Waals surface area contributed by atoms with Crippen molar-refractivity contribution >= 4 is 33.1 Å². The summed E-state index contributed by atoms with van der Waals surface area (Å²) < 4.78 is 81.7. The molecule has 0 aliphatic heterocycles. The Bertz CT molecular complexity index is 1650. The molecule has 0 saturated heterocycles. The van der Waals surface area contributed by atoms with Crippen LogP contribution in [0.3, 0.4) is 0 Å². The van der Waals surface area contributed by atoms with Crippen LogP contribution in [0.2, 0.25) is 0 Å². The van der Waals surface area contributed by atoms with Gasteiger partial charge in [0.1, 0.15) is 18.2 Å². The summed E-state index contributed by atoms with van der Waals surface area (Å²) in [6, 6.07) is 8.96. The molecule has 10 nitrogen and oxygen atoms in total. The molecule has 0 radical (unpaired) electrons. The molecule has 2 aromatic carbocycles. The van der Waals surface area contributed by atoms with E-state index in [1.165, 1.54) is 18.6 Å². The van der Waals surface area contributed by atoms with E-state index < -0.39 is 44.9 Å². The summed E-state index contributed by atoms with van der Waals surface area (Å²) >= 11 is 0. The van der Waals surface area contributed by atoms with E-state index in [0.717, 1.165) is 12.3 Å². The smallest absolute Gasteiger partial charge is 0.416 e. The number of hydrogen-bond donors (Lipinski definition) is 3. The lowest BCUT2D eigenvalue weighted by atomic mass is 10.0. The second kappa shape index (κ2) is 11.1. The van der Waals surface area contributed by atoms with Crippen molar-refractivity contribution in [3.63, 3.8) is 0 Å².